The topological polar surface area (TPSA) is 38.0 Å². The van der Waals surface area contributed by atoms with Gasteiger partial charge in [-0.3, -0.25) is 11.3 Å². The fourth-order valence-corrected chi connectivity index (χ4v) is 3.18. The minimum absolute atomic E-state index is 0.0610. The monoisotopic (exact) mass is 270 g/mol. The van der Waals surface area contributed by atoms with Crippen LogP contribution in [0.1, 0.15) is 44.2 Å². The Morgan fingerprint density at radius 3 is 2.83 bits per heavy atom. The molecule has 1 fully saturated rings. The minimum Gasteiger partial charge on any atom is -0.271 e. The van der Waals surface area contributed by atoms with Crippen molar-refractivity contribution in [2.45, 2.75) is 38.6 Å². The van der Waals surface area contributed by atoms with Crippen molar-refractivity contribution in [2.75, 3.05) is 0 Å². The summed E-state index contributed by atoms with van der Waals surface area (Å²) >= 11 is 5.84. The lowest BCUT2D eigenvalue weighted by atomic mass is 9.77. The molecule has 0 heterocycles. The van der Waals surface area contributed by atoms with Crippen molar-refractivity contribution in [3.8, 4) is 0 Å². The minimum atomic E-state index is -0.381. The van der Waals surface area contributed by atoms with Crippen molar-refractivity contribution >= 4 is 11.6 Å². The number of halogens is 2. The average molecular weight is 271 g/mol. The van der Waals surface area contributed by atoms with Crippen LogP contribution in [0.15, 0.2) is 18.2 Å². The molecule has 3 unspecified atom stereocenters. The number of nitrogens with two attached hydrogens (primary N) is 1. The van der Waals surface area contributed by atoms with E-state index >= 15 is 0 Å². The second-order valence-corrected chi connectivity index (χ2v) is 5.76. The van der Waals surface area contributed by atoms with Crippen molar-refractivity contribution < 1.29 is 4.39 Å². The Morgan fingerprint density at radius 1 is 1.44 bits per heavy atom. The van der Waals surface area contributed by atoms with E-state index in [4.69, 9.17) is 17.4 Å². The summed E-state index contributed by atoms with van der Waals surface area (Å²) in [5, 5.41) is 0.164. The second kappa shape index (κ2) is 6.00. The number of hydrogen-bond donors (Lipinski definition) is 2. The third-order valence-electron chi connectivity index (χ3n) is 3.93. The molecule has 0 aliphatic heterocycles. The maximum absolute atomic E-state index is 13.2. The molecule has 2 nitrogen and oxygen atoms in total. The maximum atomic E-state index is 13.2. The molecule has 0 amide bonds. The molecule has 0 bridgehead atoms. The summed E-state index contributed by atoms with van der Waals surface area (Å²) in [5.74, 6) is 6.53. The van der Waals surface area contributed by atoms with Crippen molar-refractivity contribution in [1.29, 1.82) is 0 Å². The van der Waals surface area contributed by atoms with Gasteiger partial charge in [-0.25, -0.2) is 4.39 Å². The standard InChI is InChI=1S/C14H20ClFN2/c1-9-3-2-4-10(7-9)14(18-17)11-5-6-13(16)12(15)8-11/h5-6,8-10,14,18H,2-4,7,17H2,1H3. The number of rotatable bonds is 3. The molecule has 1 aliphatic rings. The van der Waals surface area contributed by atoms with Crippen LogP contribution in [-0.2, 0) is 0 Å². The SMILES string of the molecule is CC1CCCC(C(NN)c2ccc(F)c(Cl)c2)C1. The Morgan fingerprint density at radius 2 is 2.22 bits per heavy atom. The lowest BCUT2D eigenvalue weighted by molar-refractivity contribution is 0.224. The van der Waals surface area contributed by atoms with Crippen LogP contribution in [0.25, 0.3) is 0 Å². The summed E-state index contributed by atoms with van der Waals surface area (Å²) in [4.78, 5) is 0. The first kappa shape index (κ1) is 13.8. The van der Waals surface area contributed by atoms with E-state index in [2.05, 4.69) is 12.3 Å². The molecule has 0 spiro atoms. The third-order valence-corrected chi connectivity index (χ3v) is 4.22. The van der Waals surface area contributed by atoms with Crippen LogP contribution in [-0.4, -0.2) is 0 Å². The molecule has 1 aliphatic carbocycles. The number of hydrazine groups is 1. The quantitative estimate of drug-likeness (QED) is 0.647. The third kappa shape index (κ3) is 3.02. The fraction of sp³-hybridized carbons (Fsp3) is 0.571. The zero-order valence-electron chi connectivity index (χ0n) is 10.6. The highest BCUT2D eigenvalue weighted by atomic mass is 35.5. The summed E-state index contributed by atoms with van der Waals surface area (Å²) in [5.41, 5.74) is 3.85. The van der Waals surface area contributed by atoms with Crippen LogP contribution in [0.3, 0.4) is 0 Å². The molecule has 4 heteroatoms. The van der Waals surface area contributed by atoms with Gasteiger partial charge in [-0.05, 0) is 42.4 Å². The predicted octanol–water partition coefficient (Wildman–Crippen LogP) is 3.81. The van der Waals surface area contributed by atoms with E-state index in [0.717, 1.165) is 24.3 Å². The molecule has 1 aromatic rings. The molecular weight excluding hydrogens is 251 g/mol. The highest BCUT2D eigenvalue weighted by Gasteiger charge is 2.27. The average Bonchev–Trinajstić information content (AvgIpc) is 2.35. The fourth-order valence-electron chi connectivity index (χ4n) is 2.99. The Bertz CT molecular complexity index is 411. The molecule has 1 saturated carbocycles. The van der Waals surface area contributed by atoms with Gasteiger partial charge in [0.05, 0.1) is 5.02 Å². The van der Waals surface area contributed by atoms with E-state index in [1.165, 1.54) is 18.9 Å². The van der Waals surface area contributed by atoms with Crippen molar-refractivity contribution in [1.82, 2.24) is 5.43 Å². The molecule has 0 saturated heterocycles. The van der Waals surface area contributed by atoms with Gasteiger partial charge < -0.3 is 0 Å². The van der Waals surface area contributed by atoms with Crippen LogP contribution in [0.2, 0.25) is 5.02 Å². The smallest absolute Gasteiger partial charge is 0.141 e. The van der Waals surface area contributed by atoms with Crippen LogP contribution in [0.5, 0.6) is 0 Å². The molecule has 2 rings (SSSR count). The van der Waals surface area contributed by atoms with Crippen molar-refractivity contribution in [3.05, 3.63) is 34.6 Å². The summed E-state index contributed by atoms with van der Waals surface area (Å²) < 4.78 is 13.2. The van der Waals surface area contributed by atoms with Gasteiger partial charge in [0.2, 0.25) is 0 Å². The van der Waals surface area contributed by atoms with Gasteiger partial charge >= 0.3 is 0 Å². The number of nitrogens with one attached hydrogen (secondary N) is 1. The van der Waals surface area contributed by atoms with Crippen LogP contribution < -0.4 is 11.3 Å². The summed E-state index contributed by atoms with van der Waals surface area (Å²) in [6.07, 6.45) is 4.84. The molecule has 3 atom stereocenters. The first-order chi connectivity index (χ1) is 8.61. The van der Waals surface area contributed by atoms with Crippen LogP contribution >= 0.6 is 11.6 Å². The largest absolute Gasteiger partial charge is 0.271 e. The zero-order chi connectivity index (χ0) is 13.1. The van der Waals surface area contributed by atoms with Gasteiger partial charge in [0.25, 0.3) is 0 Å². The van der Waals surface area contributed by atoms with Crippen molar-refractivity contribution in [2.24, 2.45) is 17.7 Å². The van der Waals surface area contributed by atoms with Gasteiger partial charge in [0.1, 0.15) is 5.82 Å². The Labute approximate surface area is 113 Å². The normalized spacial score (nSPS) is 26.0. The molecule has 0 aromatic heterocycles. The first-order valence-electron chi connectivity index (χ1n) is 6.53. The van der Waals surface area contributed by atoms with E-state index < -0.39 is 0 Å². The number of benzene rings is 1. The molecule has 100 valence electrons. The molecule has 0 radical (unpaired) electrons. The Hall–Kier alpha value is -0.640. The van der Waals surface area contributed by atoms with Gasteiger partial charge in [-0.2, -0.15) is 0 Å². The molecule has 1 aromatic carbocycles. The van der Waals surface area contributed by atoms with E-state index in [0.29, 0.717) is 5.92 Å². The molecule has 18 heavy (non-hydrogen) atoms. The van der Waals surface area contributed by atoms with Crippen molar-refractivity contribution in [3.63, 3.8) is 0 Å². The van der Waals surface area contributed by atoms with Gasteiger partial charge in [-0.1, -0.05) is 37.4 Å². The first-order valence-corrected chi connectivity index (χ1v) is 6.90. The highest BCUT2D eigenvalue weighted by molar-refractivity contribution is 6.30. The highest BCUT2D eigenvalue weighted by Crippen LogP contribution is 2.37. The van der Waals surface area contributed by atoms with Gasteiger partial charge in [-0.15, -0.1) is 0 Å². The second-order valence-electron chi connectivity index (χ2n) is 5.35. The summed E-state index contributed by atoms with van der Waals surface area (Å²) in [6.45, 7) is 2.28. The summed E-state index contributed by atoms with van der Waals surface area (Å²) in [7, 11) is 0. The number of hydrogen-bond acceptors (Lipinski definition) is 2. The van der Waals surface area contributed by atoms with E-state index in [9.17, 15) is 4.39 Å². The van der Waals surface area contributed by atoms with E-state index in [1.807, 2.05) is 0 Å². The van der Waals surface area contributed by atoms with Crippen LogP contribution in [0.4, 0.5) is 4.39 Å². The Kier molecular flexibility index (Phi) is 4.60. The maximum Gasteiger partial charge on any atom is 0.141 e. The predicted molar refractivity (Wildman–Crippen MR) is 72.6 cm³/mol. The van der Waals surface area contributed by atoms with Crippen LogP contribution in [0, 0.1) is 17.7 Å². The Balaban J connectivity index is 2.18. The van der Waals surface area contributed by atoms with E-state index in [1.54, 1.807) is 12.1 Å². The molecular formula is C14H20ClFN2. The lowest BCUT2D eigenvalue weighted by Gasteiger charge is -2.33. The lowest BCUT2D eigenvalue weighted by Crippen LogP contribution is -2.35. The molecule has 3 N–H and O–H groups in total. The zero-order valence-corrected chi connectivity index (χ0v) is 11.4. The van der Waals surface area contributed by atoms with E-state index in [-0.39, 0.29) is 16.9 Å². The van der Waals surface area contributed by atoms with Gasteiger partial charge in [0.15, 0.2) is 0 Å². The summed E-state index contributed by atoms with van der Waals surface area (Å²) in [6, 6.07) is 4.92. The van der Waals surface area contributed by atoms with Gasteiger partial charge in [0, 0.05) is 6.04 Å².